The van der Waals surface area contributed by atoms with Crippen LogP contribution in [-0.4, -0.2) is 14.6 Å². The summed E-state index contributed by atoms with van der Waals surface area (Å²) >= 11 is 0. The van der Waals surface area contributed by atoms with Gasteiger partial charge in [-0.25, -0.2) is 9.50 Å². The number of fused-ring (bicyclic) bond motifs is 1. The first-order valence-corrected chi connectivity index (χ1v) is 5.76. The number of benzene rings is 1. The summed E-state index contributed by atoms with van der Waals surface area (Å²) in [6.07, 6.45) is 3.25. The first-order chi connectivity index (χ1) is 9.19. The number of aromatic nitrogens is 3. The average Bonchev–Trinajstić information content (AvgIpc) is 2.85. The van der Waals surface area contributed by atoms with Gasteiger partial charge in [-0.15, -0.1) is 0 Å². The van der Waals surface area contributed by atoms with Crippen LogP contribution in [0.3, 0.4) is 0 Å². The Morgan fingerprint density at radius 1 is 1.32 bits per heavy atom. The summed E-state index contributed by atoms with van der Waals surface area (Å²) in [6.45, 7) is 1.89. The summed E-state index contributed by atoms with van der Waals surface area (Å²) in [5.74, 6) is 0. The number of hydrogen-bond donors (Lipinski definition) is 1. The fourth-order valence-electron chi connectivity index (χ4n) is 2.12. The lowest BCUT2D eigenvalue weighted by atomic mass is 10.00. The van der Waals surface area contributed by atoms with Crippen LogP contribution in [-0.2, 0) is 0 Å². The van der Waals surface area contributed by atoms with Crippen molar-refractivity contribution in [1.29, 1.82) is 5.26 Å². The van der Waals surface area contributed by atoms with Gasteiger partial charge in [0, 0.05) is 17.8 Å². The van der Waals surface area contributed by atoms with Gasteiger partial charge in [-0.2, -0.15) is 5.26 Å². The molecule has 3 rings (SSSR count). The number of nitrogens with zero attached hydrogens (tertiary/aromatic N) is 3. The van der Waals surface area contributed by atoms with Crippen molar-refractivity contribution in [3.8, 4) is 17.2 Å². The third kappa shape index (κ3) is 1.79. The van der Waals surface area contributed by atoms with E-state index in [2.05, 4.69) is 16.2 Å². The van der Waals surface area contributed by atoms with Gasteiger partial charge in [0.1, 0.15) is 6.33 Å². The summed E-state index contributed by atoms with van der Waals surface area (Å²) in [4.78, 5) is 16.1. The topological polar surface area (TPSA) is 73.9 Å². The van der Waals surface area contributed by atoms with E-state index >= 15 is 0 Å². The predicted molar refractivity (Wildman–Crippen MR) is 70.7 cm³/mol. The van der Waals surface area contributed by atoms with Gasteiger partial charge in [-0.1, -0.05) is 6.07 Å². The van der Waals surface area contributed by atoms with E-state index in [1.807, 2.05) is 6.92 Å². The summed E-state index contributed by atoms with van der Waals surface area (Å²) in [6, 6.07) is 8.86. The summed E-state index contributed by atoms with van der Waals surface area (Å²) in [7, 11) is 0. The molecule has 5 nitrogen and oxygen atoms in total. The molecule has 0 atom stereocenters. The Kier molecular flexibility index (Phi) is 2.43. The minimum absolute atomic E-state index is 0.0834. The van der Waals surface area contributed by atoms with Gasteiger partial charge in [0.2, 0.25) is 0 Å². The molecule has 3 aromatic rings. The number of pyridine rings is 1. The molecule has 0 spiro atoms. The van der Waals surface area contributed by atoms with Crippen LogP contribution >= 0.6 is 0 Å². The number of aryl methyl sites for hydroxylation is 1. The number of nitriles is 1. The van der Waals surface area contributed by atoms with Gasteiger partial charge in [0.15, 0.2) is 11.1 Å². The van der Waals surface area contributed by atoms with Crippen molar-refractivity contribution >= 4 is 5.65 Å². The molecule has 0 saturated carbocycles. The third-order valence-electron chi connectivity index (χ3n) is 3.07. The Morgan fingerprint density at radius 3 is 2.89 bits per heavy atom. The van der Waals surface area contributed by atoms with Crippen LogP contribution in [0.4, 0.5) is 0 Å². The van der Waals surface area contributed by atoms with E-state index in [1.54, 1.807) is 28.9 Å². The molecule has 0 saturated heterocycles. The van der Waals surface area contributed by atoms with E-state index in [0.717, 1.165) is 11.1 Å². The minimum Gasteiger partial charge on any atom is -0.289 e. The monoisotopic (exact) mass is 250 g/mol. The maximum absolute atomic E-state index is 12.1. The molecule has 0 radical (unpaired) electrons. The second-order valence-electron chi connectivity index (χ2n) is 4.31. The molecule has 0 fully saturated rings. The predicted octanol–water partition coefficient (Wildman–Crippen LogP) is 1.87. The highest BCUT2D eigenvalue weighted by molar-refractivity contribution is 5.68. The Morgan fingerprint density at radius 2 is 2.16 bits per heavy atom. The van der Waals surface area contributed by atoms with Gasteiger partial charge < -0.3 is 0 Å². The molecule has 0 aliphatic heterocycles. The van der Waals surface area contributed by atoms with Gasteiger partial charge in [-0.3, -0.25) is 9.89 Å². The standard InChI is InChI=1S/C14H10N4O/c1-9-4-10(6-15)2-3-11(9)12-7-18-14(5-13(12)19)16-8-17-18/h2-5,7-8H,1H3,(H,16,17). The minimum atomic E-state index is -0.0834. The molecule has 2 heterocycles. The summed E-state index contributed by atoms with van der Waals surface area (Å²) in [5, 5.41) is 11.8. The van der Waals surface area contributed by atoms with Crippen molar-refractivity contribution in [2.45, 2.75) is 6.92 Å². The number of hydrogen-bond acceptors (Lipinski definition) is 3. The fraction of sp³-hybridized carbons (Fsp3) is 0.0714. The second-order valence-corrected chi connectivity index (χ2v) is 4.31. The molecule has 0 aliphatic carbocycles. The van der Waals surface area contributed by atoms with E-state index in [0.29, 0.717) is 16.8 Å². The van der Waals surface area contributed by atoms with Gasteiger partial charge in [0.05, 0.1) is 11.6 Å². The number of nitrogens with one attached hydrogen (secondary N) is 1. The highest BCUT2D eigenvalue weighted by Gasteiger charge is 2.09. The van der Waals surface area contributed by atoms with E-state index in [-0.39, 0.29) is 5.43 Å². The fourth-order valence-corrected chi connectivity index (χ4v) is 2.12. The summed E-state index contributed by atoms with van der Waals surface area (Å²) < 4.78 is 1.69. The molecule has 19 heavy (non-hydrogen) atoms. The first-order valence-electron chi connectivity index (χ1n) is 5.76. The maximum Gasteiger partial charge on any atom is 0.191 e. The molecule has 1 aromatic carbocycles. The lowest BCUT2D eigenvalue weighted by Crippen LogP contribution is -2.07. The molecular formula is C14H10N4O. The van der Waals surface area contributed by atoms with Crippen LogP contribution in [0.1, 0.15) is 11.1 Å². The van der Waals surface area contributed by atoms with Crippen LogP contribution in [0.2, 0.25) is 0 Å². The number of aromatic amines is 1. The second kappa shape index (κ2) is 4.10. The normalized spacial score (nSPS) is 10.5. The molecular weight excluding hydrogens is 240 g/mol. The van der Waals surface area contributed by atoms with Crippen molar-refractivity contribution in [1.82, 2.24) is 14.6 Å². The van der Waals surface area contributed by atoms with Crippen LogP contribution < -0.4 is 5.43 Å². The first kappa shape index (κ1) is 11.2. The molecule has 5 heteroatoms. The van der Waals surface area contributed by atoms with Crippen molar-refractivity contribution in [2.75, 3.05) is 0 Å². The van der Waals surface area contributed by atoms with Crippen LogP contribution in [0.5, 0.6) is 0 Å². The smallest absolute Gasteiger partial charge is 0.191 e. The number of H-pyrrole nitrogens is 1. The SMILES string of the molecule is Cc1cc(C#N)ccc1-c1cn2[nH]cnc2cc1=O. The molecule has 0 aliphatic rings. The van der Waals surface area contributed by atoms with E-state index in [9.17, 15) is 4.79 Å². The molecule has 92 valence electrons. The van der Waals surface area contributed by atoms with Crippen LogP contribution in [0.15, 0.2) is 41.6 Å². The molecule has 0 bridgehead atoms. The largest absolute Gasteiger partial charge is 0.289 e. The lowest BCUT2D eigenvalue weighted by molar-refractivity contribution is 0.960. The molecule has 2 aromatic heterocycles. The Hall–Kier alpha value is -2.87. The molecule has 1 N–H and O–H groups in total. The Labute approximate surface area is 108 Å². The third-order valence-corrected chi connectivity index (χ3v) is 3.07. The molecule has 0 amide bonds. The van der Waals surface area contributed by atoms with E-state index in [4.69, 9.17) is 5.26 Å². The zero-order valence-electron chi connectivity index (χ0n) is 10.2. The van der Waals surface area contributed by atoms with Crippen molar-refractivity contribution in [2.24, 2.45) is 0 Å². The Balaban J connectivity index is 2.27. The van der Waals surface area contributed by atoms with E-state index < -0.39 is 0 Å². The highest BCUT2D eigenvalue weighted by atomic mass is 16.1. The Bertz CT molecular complexity index is 867. The number of rotatable bonds is 1. The van der Waals surface area contributed by atoms with Gasteiger partial charge in [0.25, 0.3) is 0 Å². The van der Waals surface area contributed by atoms with Gasteiger partial charge >= 0.3 is 0 Å². The highest BCUT2D eigenvalue weighted by Crippen LogP contribution is 2.21. The van der Waals surface area contributed by atoms with E-state index in [1.165, 1.54) is 12.4 Å². The quantitative estimate of drug-likeness (QED) is 0.716. The zero-order valence-corrected chi connectivity index (χ0v) is 10.2. The van der Waals surface area contributed by atoms with Crippen LogP contribution in [0, 0.1) is 18.3 Å². The van der Waals surface area contributed by atoms with Crippen molar-refractivity contribution < 1.29 is 0 Å². The van der Waals surface area contributed by atoms with Crippen LogP contribution in [0.25, 0.3) is 16.8 Å². The van der Waals surface area contributed by atoms with Crippen molar-refractivity contribution in [3.63, 3.8) is 0 Å². The lowest BCUT2D eigenvalue weighted by Gasteiger charge is -2.06. The van der Waals surface area contributed by atoms with Crippen molar-refractivity contribution in [3.05, 3.63) is 58.1 Å². The zero-order chi connectivity index (χ0) is 13.4. The summed E-state index contributed by atoms with van der Waals surface area (Å²) in [5.41, 5.74) is 3.40. The average molecular weight is 250 g/mol. The molecule has 0 unspecified atom stereocenters. The van der Waals surface area contributed by atoms with Gasteiger partial charge in [-0.05, 0) is 30.2 Å². The maximum atomic E-state index is 12.1.